The van der Waals surface area contributed by atoms with E-state index in [0.29, 0.717) is 0 Å². The summed E-state index contributed by atoms with van der Waals surface area (Å²) in [6.07, 6.45) is 0. The van der Waals surface area contributed by atoms with Gasteiger partial charge in [0.05, 0.1) is 12.1 Å². The number of rotatable bonds is 2. The first-order valence-electron chi connectivity index (χ1n) is 2.66. The Bertz CT molecular complexity index is 114. The zero-order valence-corrected chi connectivity index (χ0v) is 6.46. The van der Waals surface area contributed by atoms with E-state index in [1.807, 2.05) is 13.8 Å². The lowest BCUT2D eigenvalue weighted by Gasteiger charge is -2.23. The van der Waals surface area contributed by atoms with Crippen LogP contribution in [0.15, 0.2) is 0 Å². The summed E-state index contributed by atoms with van der Waals surface area (Å²) < 4.78 is 0. The van der Waals surface area contributed by atoms with Crippen LogP contribution < -0.4 is 11.1 Å². The molecule has 0 amide bonds. The lowest BCUT2D eigenvalue weighted by molar-refractivity contribution is 0.206. The molecule has 0 saturated heterocycles. The molecule has 0 aliphatic heterocycles. The zero-order valence-electron chi connectivity index (χ0n) is 5.64. The van der Waals surface area contributed by atoms with E-state index in [-0.39, 0.29) is 11.7 Å². The lowest BCUT2D eigenvalue weighted by Crippen LogP contribution is -2.48. The number of thiocarbonyl (C=S) groups is 1. The predicted molar refractivity (Wildman–Crippen MR) is 41.1 cm³/mol. The first-order valence-corrected chi connectivity index (χ1v) is 3.07. The van der Waals surface area contributed by atoms with Crippen LogP contribution in [-0.4, -0.2) is 22.4 Å². The van der Waals surface area contributed by atoms with Crippen molar-refractivity contribution < 1.29 is 5.11 Å². The van der Waals surface area contributed by atoms with E-state index in [1.54, 1.807) is 0 Å². The molecule has 0 atom stereocenters. The van der Waals surface area contributed by atoms with Gasteiger partial charge >= 0.3 is 0 Å². The predicted octanol–water partition coefficient (Wildman–Crippen LogP) is -0.409. The van der Waals surface area contributed by atoms with Crippen LogP contribution in [-0.2, 0) is 0 Å². The van der Waals surface area contributed by atoms with Gasteiger partial charge in [0.15, 0.2) is 5.11 Å². The average Bonchev–Trinajstić information content (AvgIpc) is 1.63. The van der Waals surface area contributed by atoms with Crippen molar-refractivity contribution in [2.24, 2.45) is 5.73 Å². The molecular weight excluding hydrogens is 136 g/mol. The highest BCUT2D eigenvalue weighted by atomic mass is 32.1. The maximum atomic E-state index is 8.67. The minimum atomic E-state index is -0.397. The van der Waals surface area contributed by atoms with Gasteiger partial charge in [0.25, 0.3) is 0 Å². The van der Waals surface area contributed by atoms with Gasteiger partial charge in [0.1, 0.15) is 0 Å². The molecule has 54 valence electrons. The Labute approximate surface area is 60.2 Å². The van der Waals surface area contributed by atoms with Gasteiger partial charge in [-0.3, -0.25) is 0 Å². The average molecular weight is 148 g/mol. The van der Waals surface area contributed by atoms with Crippen LogP contribution >= 0.6 is 12.2 Å². The van der Waals surface area contributed by atoms with Crippen LogP contribution in [0.2, 0.25) is 0 Å². The van der Waals surface area contributed by atoms with Crippen molar-refractivity contribution in [1.82, 2.24) is 5.32 Å². The first kappa shape index (κ1) is 8.65. The molecule has 0 aliphatic rings. The molecule has 4 heteroatoms. The van der Waals surface area contributed by atoms with Crippen molar-refractivity contribution in [2.75, 3.05) is 6.61 Å². The molecule has 4 N–H and O–H groups in total. The number of nitrogens with two attached hydrogens (primary N) is 1. The summed E-state index contributed by atoms with van der Waals surface area (Å²) in [5.74, 6) is 0. The highest BCUT2D eigenvalue weighted by molar-refractivity contribution is 7.80. The Hall–Kier alpha value is -0.350. The largest absolute Gasteiger partial charge is 0.394 e. The topological polar surface area (TPSA) is 58.3 Å². The summed E-state index contributed by atoms with van der Waals surface area (Å²) in [4.78, 5) is 0. The van der Waals surface area contributed by atoms with Crippen molar-refractivity contribution in [3.05, 3.63) is 0 Å². The number of hydrogen-bond acceptors (Lipinski definition) is 2. The molecule has 0 fully saturated rings. The van der Waals surface area contributed by atoms with Gasteiger partial charge < -0.3 is 16.2 Å². The van der Waals surface area contributed by atoms with Gasteiger partial charge in [-0.05, 0) is 26.1 Å². The SMILES string of the molecule is CC(C)(CO)NC(N)=S. The maximum absolute atomic E-state index is 8.67. The molecule has 0 radical (unpaired) electrons. The fourth-order valence-corrected chi connectivity index (χ4v) is 0.649. The molecule has 3 nitrogen and oxygen atoms in total. The van der Waals surface area contributed by atoms with Crippen molar-refractivity contribution in [3.8, 4) is 0 Å². The molecule has 0 saturated carbocycles. The third-order valence-corrected chi connectivity index (χ3v) is 0.959. The first-order chi connectivity index (χ1) is 3.98. The van der Waals surface area contributed by atoms with Gasteiger partial charge in [-0.1, -0.05) is 0 Å². The van der Waals surface area contributed by atoms with E-state index in [2.05, 4.69) is 17.5 Å². The van der Waals surface area contributed by atoms with E-state index in [4.69, 9.17) is 10.8 Å². The van der Waals surface area contributed by atoms with Crippen LogP contribution in [0.25, 0.3) is 0 Å². The monoisotopic (exact) mass is 148 g/mol. The van der Waals surface area contributed by atoms with Crippen LogP contribution in [0.5, 0.6) is 0 Å². The number of aliphatic hydroxyl groups excluding tert-OH is 1. The van der Waals surface area contributed by atoms with E-state index in [0.717, 1.165) is 0 Å². The minimum Gasteiger partial charge on any atom is -0.394 e. The van der Waals surface area contributed by atoms with E-state index >= 15 is 0 Å². The summed E-state index contributed by atoms with van der Waals surface area (Å²) in [6, 6.07) is 0. The van der Waals surface area contributed by atoms with Gasteiger partial charge in [0, 0.05) is 0 Å². The second-order valence-electron chi connectivity index (χ2n) is 2.53. The highest BCUT2D eigenvalue weighted by Gasteiger charge is 2.14. The van der Waals surface area contributed by atoms with Gasteiger partial charge in [-0.2, -0.15) is 0 Å². The van der Waals surface area contributed by atoms with Gasteiger partial charge in [-0.15, -0.1) is 0 Å². The molecule has 9 heavy (non-hydrogen) atoms. The minimum absolute atomic E-state index is 0.0182. The van der Waals surface area contributed by atoms with E-state index in [1.165, 1.54) is 0 Å². The number of nitrogens with one attached hydrogen (secondary N) is 1. The van der Waals surface area contributed by atoms with Gasteiger partial charge in [-0.25, -0.2) is 0 Å². The van der Waals surface area contributed by atoms with E-state index in [9.17, 15) is 0 Å². The summed E-state index contributed by atoms with van der Waals surface area (Å²) in [6.45, 7) is 3.64. The Morgan fingerprint density at radius 1 is 1.78 bits per heavy atom. The lowest BCUT2D eigenvalue weighted by atomic mass is 10.1. The highest BCUT2D eigenvalue weighted by Crippen LogP contribution is 1.97. The Balaban J connectivity index is 3.71. The summed E-state index contributed by atoms with van der Waals surface area (Å²) in [5, 5.41) is 11.6. The van der Waals surface area contributed by atoms with Crippen molar-refractivity contribution >= 4 is 17.3 Å². The van der Waals surface area contributed by atoms with Crippen molar-refractivity contribution in [1.29, 1.82) is 0 Å². The van der Waals surface area contributed by atoms with Crippen LogP contribution in [0.4, 0.5) is 0 Å². The van der Waals surface area contributed by atoms with Crippen LogP contribution in [0, 0.1) is 0 Å². The third kappa shape index (κ3) is 4.17. The van der Waals surface area contributed by atoms with Crippen LogP contribution in [0.3, 0.4) is 0 Å². The summed E-state index contributed by atoms with van der Waals surface area (Å²) in [5.41, 5.74) is 4.77. The Morgan fingerprint density at radius 3 is 2.33 bits per heavy atom. The summed E-state index contributed by atoms with van der Waals surface area (Å²) >= 11 is 4.57. The fraction of sp³-hybridized carbons (Fsp3) is 0.800. The quantitative estimate of drug-likeness (QED) is 0.466. The molecule has 0 unspecified atom stereocenters. The molecule has 0 bridgehead atoms. The second kappa shape index (κ2) is 2.98. The second-order valence-corrected chi connectivity index (χ2v) is 2.97. The zero-order chi connectivity index (χ0) is 7.49. The fourth-order valence-electron chi connectivity index (χ4n) is 0.373. The third-order valence-electron chi connectivity index (χ3n) is 0.857. The molecule has 0 aromatic heterocycles. The smallest absolute Gasteiger partial charge is 0.164 e. The molecular formula is C5H12N2OS. The standard InChI is InChI=1S/C5H12N2OS/c1-5(2,3-8)7-4(6)9/h8H,3H2,1-2H3,(H3,6,7,9). The van der Waals surface area contributed by atoms with Crippen molar-refractivity contribution in [2.45, 2.75) is 19.4 Å². The Kier molecular flexibility index (Phi) is 2.87. The summed E-state index contributed by atoms with van der Waals surface area (Å²) in [7, 11) is 0. The Morgan fingerprint density at radius 2 is 2.22 bits per heavy atom. The molecule has 0 heterocycles. The normalized spacial score (nSPS) is 11.0. The number of aliphatic hydroxyl groups is 1. The maximum Gasteiger partial charge on any atom is 0.164 e. The molecule has 0 aliphatic carbocycles. The van der Waals surface area contributed by atoms with Crippen molar-refractivity contribution in [3.63, 3.8) is 0 Å². The molecule has 0 aromatic rings. The number of hydrogen-bond donors (Lipinski definition) is 3. The van der Waals surface area contributed by atoms with Gasteiger partial charge in [0.2, 0.25) is 0 Å². The van der Waals surface area contributed by atoms with E-state index < -0.39 is 5.54 Å². The van der Waals surface area contributed by atoms with Crippen LogP contribution in [0.1, 0.15) is 13.8 Å². The molecule has 0 spiro atoms. The molecule has 0 aromatic carbocycles. The molecule has 0 rings (SSSR count).